The molecule has 1 saturated heterocycles. The third-order valence-electron chi connectivity index (χ3n) is 7.35. The molecule has 0 radical (unpaired) electrons. The number of nitrogens with one attached hydrogen (secondary N) is 1. The van der Waals surface area contributed by atoms with E-state index in [4.69, 9.17) is 0 Å². The molecule has 1 aromatic heterocycles. The van der Waals surface area contributed by atoms with Gasteiger partial charge in [0.2, 0.25) is 0 Å². The van der Waals surface area contributed by atoms with Crippen LogP contribution in [-0.2, 0) is 0 Å². The quantitative estimate of drug-likeness (QED) is 0.241. The number of para-hydroxylation sites is 1. The molecule has 2 heterocycles. The van der Waals surface area contributed by atoms with E-state index in [1.54, 1.807) is 11.8 Å². The van der Waals surface area contributed by atoms with E-state index in [0.29, 0.717) is 17.4 Å². The molecule has 1 N–H and O–H groups in total. The Labute approximate surface area is 251 Å². The van der Waals surface area contributed by atoms with Crippen molar-refractivity contribution in [2.75, 3.05) is 17.2 Å². The summed E-state index contributed by atoms with van der Waals surface area (Å²) in [6, 6.07) is 21.2. The van der Waals surface area contributed by atoms with Gasteiger partial charge in [-0.15, -0.1) is 18.3 Å². The van der Waals surface area contributed by atoms with Crippen LogP contribution >= 0.6 is 11.8 Å². The van der Waals surface area contributed by atoms with Crippen LogP contribution in [0.4, 0.5) is 23.7 Å². The van der Waals surface area contributed by atoms with Crippen LogP contribution in [-0.4, -0.2) is 50.7 Å². The number of aliphatic imine (C=N–C) groups is 1. The van der Waals surface area contributed by atoms with E-state index in [1.807, 2.05) is 36.4 Å². The molecular formula is C31H29F3N6O2S. The minimum absolute atomic E-state index is 0.0205. The number of rotatable bonds is 7. The number of hydrogen-bond donors (Lipinski definition) is 1. The molecular weight excluding hydrogens is 577 g/mol. The smallest absolute Gasteiger partial charge is 0.406 e. The van der Waals surface area contributed by atoms with Gasteiger partial charge < -0.3 is 15.0 Å². The van der Waals surface area contributed by atoms with Crippen LogP contribution in [0.25, 0.3) is 17.1 Å². The predicted octanol–water partition coefficient (Wildman–Crippen LogP) is 7.13. The second-order valence-corrected chi connectivity index (χ2v) is 11.7. The van der Waals surface area contributed by atoms with Gasteiger partial charge >= 0.3 is 12.4 Å². The maximum atomic E-state index is 12.8. The van der Waals surface area contributed by atoms with Gasteiger partial charge in [0.15, 0.2) is 11.0 Å². The van der Waals surface area contributed by atoms with Crippen molar-refractivity contribution in [1.29, 1.82) is 0 Å². The Balaban J connectivity index is 1.06. The van der Waals surface area contributed by atoms with Crippen LogP contribution in [0, 0.1) is 0 Å². The van der Waals surface area contributed by atoms with E-state index in [-0.39, 0.29) is 23.7 Å². The van der Waals surface area contributed by atoms with Crippen molar-refractivity contribution in [2.24, 2.45) is 4.99 Å². The molecule has 2 amide bonds. The Morgan fingerprint density at radius 3 is 2.53 bits per heavy atom. The molecule has 2 unspecified atom stereocenters. The number of alkyl halides is 3. The van der Waals surface area contributed by atoms with E-state index < -0.39 is 6.36 Å². The number of benzene rings is 3. The lowest BCUT2D eigenvalue weighted by atomic mass is 10.0. The molecule has 6 rings (SSSR count). The first-order valence-electron chi connectivity index (χ1n) is 13.9. The number of halogens is 3. The van der Waals surface area contributed by atoms with Gasteiger partial charge in [-0.3, -0.25) is 0 Å². The van der Waals surface area contributed by atoms with E-state index in [0.717, 1.165) is 40.7 Å². The Morgan fingerprint density at radius 2 is 1.81 bits per heavy atom. The summed E-state index contributed by atoms with van der Waals surface area (Å²) in [5, 5.41) is 8.24. The Morgan fingerprint density at radius 1 is 1.07 bits per heavy atom. The van der Waals surface area contributed by atoms with Gasteiger partial charge in [0, 0.05) is 35.5 Å². The Hall–Kier alpha value is -4.32. The number of ether oxygens (including phenoxy) is 1. The highest BCUT2D eigenvalue weighted by molar-refractivity contribution is 8.14. The minimum atomic E-state index is -4.74. The van der Waals surface area contributed by atoms with Crippen molar-refractivity contribution in [3.8, 4) is 22.8 Å². The average Bonchev–Trinajstić information content (AvgIpc) is 3.33. The van der Waals surface area contributed by atoms with Crippen molar-refractivity contribution in [2.45, 2.75) is 44.5 Å². The van der Waals surface area contributed by atoms with Gasteiger partial charge in [-0.25, -0.2) is 14.5 Å². The van der Waals surface area contributed by atoms with Gasteiger partial charge in [0.05, 0.1) is 5.69 Å². The summed E-state index contributed by atoms with van der Waals surface area (Å²) in [4.78, 5) is 23.7. The van der Waals surface area contributed by atoms with Crippen molar-refractivity contribution in [1.82, 2.24) is 20.1 Å². The van der Waals surface area contributed by atoms with Gasteiger partial charge in [-0.05, 0) is 53.8 Å². The highest BCUT2D eigenvalue weighted by Crippen LogP contribution is 2.41. The van der Waals surface area contributed by atoms with Crippen LogP contribution < -0.4 is 15.0 Å². The number of amides is 2. The number of thioether (sulfide) groups is 1. The van der Waals surface area contributed by atoms with Crippen LogP contribution in [0.5, 0.6) is 5.75 Å². The lowest BCUT2D eigenvalue weighted by molar-refractivity contribution is -0.274. The lowest BCUT2D eigenvalue weighted by Crippen LogP contribution is -2.29. The number of nitrogens with zero attached hydrogens (tertiary/aromatic N) is 5. The van der Waals surface area contributed by atoms with E-state index in [2.05, 4.69) is 56.0 Å². The number of urea groups is 1. The molecule has 2 aliphatic rings. The van der Waals surface area contributed by atoms with Gasteiger partial charge in [-0.1, -0.05) is 68.1 Å². The number of carbonyl (C=O) groups is 1. The first-order chi connectivity index (χ1) is 20.6. The van der Waals surface area contributed by atoms with Gasteiger partial charge in [0.1, 0.15) is 12.1 Å². The van der Waals surface area contributed by atoms with Crippen LogP contribution in [0.1, 0.15) is 43.2 Å². The molecule has 222 valence electrons. The topological polar surface area (TPSA) is 84.6 Å². The molecule has 0 bridgehead atoms. The Bertz CT molecular complexity index is 1640. The summed E-state index contributed by atoms with van der Waals surface area (Å²) >= 11 is 1.60. The first-order valence-corrected chi connectivity index (χ1v) is 14.9. The standard InChI is InChI=1S/C31H29F3N6O2S/c1-19(2)24-5-3-4-6-27(24)39-15-16-43-30(39)37-29(41)36-26-17-25(26)20-7-9-21(10-8-20)28-35-18-40(38-28)22-11-13-23(14-12-22)42-31(32,33)34/h3-14,18-19,25-26H,15-17H2,1-2H3,(H,36,41). The highest BCUT2D eigenvalue weighted by Gasteiger charge is 2.40. The number of hydrogen-bond acceptors (Lipinski definition) is 5. The number of anilines is 1. The number of aromatic nitrogens is 3. The summed E-state index contributed by atoms with van der Waals surface area (Å²) in [5.74, 6) is 1.63. The van der Waals surface area contributed by atoms with Crippen LogP contribution in [0.2, 0.25) is 0 Å². The zero-order chi connectivity index (χ0) is 30.1. The summed E-state index contributed by atoms with van der Waals surface area (Å²) in [6.07, 6.45) is -2.41. The molecule has 2 atom stereocenters. The van der Waals surface area contributed by atoms with Gasteiger partial charge in [-0.2, -0.15) is 4.99 Å². The zero-order valence-electron chi connectivity index (χ0n) is 23.5. The van der Waals surface area contributed by atoms with Crippen molar-refractivity contribution < 1.29 is 22.7 Å². The fourth-order valence-electron chi connectivity index (χ4n) is 5.14. The minimum Gasteiger partial charge on any atom is -0.406 e. The molecule has 1 aliphatic carbocycles. The number of carbonyl (C=O) groups excluding carboxylic acids is 1. The molecule has 8 nitrogen and oxygen atoms in total. The van der Waals surface area contributed by atoms with E-state index in [1.165, 1.54) is 40.8 Å². The van der Waals surface area contributed by atoms with Gasteiger partial charge in [0.25, 0.3) is 0 Å². The average molecular weight is 607 g/mol. The molecule has 0 spiro atoms. The fraction of sp³-hybridized carbons (Fsp3) is 0.290. The SMILES string of the molecule is CC(C)c1ccccc1N1CCSC1=NC(=O)NC1CC1c1ccc(-c2ncn(-c3ccc(OC(F)(F)F)cc3)n2)cc1. The first kappa shape index (κ1) is 28.8. The molecule has 4 aromatic rings. The van der Waals surface area contributed by atoms with Crippen LogP contribution in [0.3, 0.4) is 0 Å². The lowest BCUT2D eigenvalue weighted by Gasteiger charge is -2.23. The van der Waals surface area contributed by atoms with Crippen molar-refractivity contribution >= 4 is 28.6 Å². The second-order valence-electron chi connectivity index (χ2n) is 10.7. The zero-order valence-corrected chi connectivity index (χ0v) is 24.3. The molecule has 2 fully saturated rings. The third kappa shape index (κ3) is 6.69. The van der Waals surface area contributed by atoms with Crippen molar-refractivity contribution in [3.63, 3.8) is 0 Å². The van der Waals surface area contributed by atoms with E-state index >= 15 is 0 Å². The van der Waals surface area contributed by atoms with Crippen LogP contribution in [0.15, 0.2) is 84.1 Å². The van der Waals surface area contributed by atoms with E-state index in [9.17, 15) is 18.0 Å². The largest absolute Gasteiger partial charge is 0.573 e. The number of amidine groups is 1. The Kier molecular flexibility index (Phi) is 7.87. The monoisotopic (exact) mass is 606 g/mol. The summed E-state index contributed by atoms with van der Waals surface area (Å²) in [7, 11) is 0. The summed E-state index contributed by atoms with van der Waals surface area (Å²) in [5.41, 5.74) is 4.79. The third-order valence-corrected chi connectivity index (χ3v) is 8.30. The normalized spacial score (nSPS) is 19.2. The fourth-order valence-corrected chi connectivity index (χ4v) is 6.09. The molecule has 3 aromatic carbocycles. The summed E-state index contributed by atoms with van der Waals surface area (Å²) in [6.45, 7) is 5.14. The molecule has 1 aliphatic heterocycles. The van der Waals surface area contributed by atoms with Crippen molar-refractivity contribution in [3.05, 3.63) is 90.3 Å². The second kappa shape index (κ2) is 11.8. The molecule has 12 heteroatoms. The molecule has 43 heavy (non-hydrogen) atoms. The maximum Gasteiger partial charge on any atom is 0.573 e. The summed E-state index contributed by atoms with van der Waals surface area (Å²) < 4.78 is 42.6. The highest BCUT2D eigenvalue weighted by atomic mass is 32.2. The predicted molar refractivity (Wildman–Crippen MR) is 161 cm³/mol. The molecule has 1 saturated carbocycles. The maximum absolute atomic E-state index is 12.8.